The second kappa shape index (κ2) is 5.49. The number of thiazole rings is 1. The normalized spacial score (nSPS) is 12.1. The van der Waals surface area contributed by atoms with E-state index in [2.05, 4.69) is 26.2 Å². The Morgan fingerprint density at radius 2 is 2.22 bits per heavy atom. The molecule has 3 N–H and O–H groups in total. The third kappa shape index (κ3) is 2.88. The summed E-state index contributed by atoms with van der Waals surface area (Å²) in [5.74, 6) is -0.216. The van der Waals surface area contributed by atoms with E-state index >= 15 is 0 Å². The number of halogens is 1. The van der Waals surface area contributed by atoms with E-state index in [9.17, 15) is 4.79 Å². The maximum Gasteiger partial charge on any atom is 0.271 e. The molecule has 2 aromatic rings. The molecule has 2 rings (SSSR count). The van der Waals surface area contributed by atoms with Crippen LogP contribution in [0.15, 0.2) is 34.1 Å². The molecule has 1 aromatic carbocycles. The van der Waals surface area contributed by atoms with Crippen LogP contribution in [0.3, 0.4) is 0 Å². The van der Waals surface area contributed by atoms with Crippen LogP contribution in [0.5, 0.6) is 0 Å². The molecule has 1 aromatic heterocycles. The first kappa shape index (κ1) is 13.0. The summed E-state index contributed by atoms with van der Waals surface area (Å²) >= 11 is 4.72. The van der Waals surface area contributed by atoms with Crippen molar-refractivity contribution in [3.8, 4) is 0 Å². The van der Waals surface area contributed by atoms with Gasteiger partial charge < -0.3 is 11.1 Å². The van der Waals surface area contributed by atoms with Crippen molar-refractivity contribution in [2.24, 2.45) is 0 Å². The standard InChI is InChI=1S/C12H12BrN3OS/c1-7(8-4-2-3-5-9(8)13)15-11(17)10-6-18-12(14)16-10/h2-7H,1H3,(H2,14,16)(H,15,17). The summed E-state index contributed by atoms with van der Waals surface area (Å²) in [6.45, 7) is 1.92. The first-order valence-electron chi connectivity index (χ1n) is 5.34. The second-order valence-corrected chi connectivity index (χ2v) is 5.53. The maximum atomic E-state index is 11.9. The van der Waals surface area contributed by atoms with Crippen molar-refractivity contribution in [1.29, 1.82) is 0 Å². The van der Waals surface area contributed by atoms with Crippen molar-refractivity contribution >= 4 is 38.3 Å². The van der Waals surface area contributed by atoms with Gasteiger partial charge in [-0.1, -0.05) is 34.1 Å². The summed E-state index contributed by atoms with van der Waals surface area (Å²) in [5, 5.41) is 4.93. The van der Waals surface area contributed by atoms with Crippen molar-refractivity contribution in [3.05, 3.63) is 45.4 Å². The zero-order chi connectivity index (χ0) is 13.1. The van der Waals surface area contributed by atoms with Crippen LogP contribution in [0.25, 0.3) is 0 Å². The number of hydrogen-bond donors (Lipinski definition) is 2. The van der Waals surface area contributed by atoms with Gasteiger partial charge in [-0.05, 0) is 18.6 Å². The number of nitrogen functional groups attached to an aromatic ring is 1. The van der Waals surface area contributed by atoms with Gasteiger partial charge in [0.25, 0.3) is 5.91 Å². The highest BCUT2D eigenvalue weighted by atomic mass is 79.9. The Balaban J connectivity index is 2.10. The number of benzene rings is 1. The van der Waals surface area contributed by atoms with Crippen molar-refractivity contribution in [2.75, 3.05) is 5.73 Å². The number of amides is 1. The summed E-state index contributed by atoms with van der Waals surface area (Å²) in [5.41, 5.74) is 6.88. The summed E-state index contributed by atoms with van der Waals surface area (Å²) in [7, 11) is 0. The Morgan fingerprint density at radius 1 is 1.50 bits per heavy atom. The van der Waals surface area contributed by atoms with Crippen LogP contribution in [0.1, 0.15) is 29.0 Å². The van der Waals surface area contributed by atoms with Gasteiger partial charge in [-0.2, -0.15) is 0 Å². The molecular weight excluding hydrogens is 314 g/mol. The van der Waals surface area contributed by atoms with Crippen LogP contribution in [0.2, 0.25) is 0 Å². The predicted molar refractivity (Wildman–Crippen MR) is 76.5 cm³/mol. The van der Waals surface area contributed by atoms with Crippen molar-refractivity contribution in [1.82, 2.24) is 10.3 Å². The van der Waals surface area contributed by atoms with E-state index in [-0.39, 0.29) is 11.9 Å². The number of carbonyl (C=O) groups is 1. The van der Waals surface area contributed by atoms with Crippen LogP contribution in [0.4, 0.5) is 5.13 Å². The fourth-order valence-electron chi connectivity index (χ4n) is 1.57. The minimum absolute atomic E-state index is 0.101. The molecule has 0 fully saturated rings. The number of hydrogen-bond acceptors (Lipinski definition) is 4. The fourth-order valence-corrected chi connectivity index (χ4v) is 2.74. The highest BCUT2D eigenvalue weighted by molar-refractivity contribution is 9.10. The molecule has 0 aliphatic carbocycles. The van der Waals surface area contributed by atoms with Gasteiger partial charge in [0.05, 0.1) is 6.04 Å². The number of aromatic nitrogens is 1. The quantitative estimate of drug-likeness (QED) is 0.911. The lowest BCUT2D eigenvalue weighted by atomic mass is 10.1. The van der Waals surface area contributed by atoms with Gasteiger partial charge in [0, 0.05) is 9.85 Å². The van der Waals surface area contributed by atoms with Crippen LogP contribution < -0.4 is 11.1 Å². The molecule has 0 bridgehead atoms. The van der Waals surface area contributed by atoms with Crippen LogP contribution >= 0.6 is 27.3 Å². The topological polar surface area (TPSA) is 68.0 Å². The lowest BCUT2D eigenvalue weighted by Crippen LogP contribution is -2.27. The predicted octanol–water partition coefficient (Wildman–Crippen LogP) is 2.98. The zero-order valence-electron chi connectivity index (χ0n) is 9.68. The number of anilines is 1. The van der Waals surface area contributed by atoms with E-state index in [1.807, 2.05) is 31.2 Å². The second-order valence-electron chi connectivity index (χ2n) is 3.79. The minimum Gasteiger partial charge on any atom is -0.375 e. The molecule has 0 spiro atoms. The number of nitrogens with one attached hydrogen (secondary N) is 1. The maximum absolute atomic E-state index is 11.9. The molecule has 1 amide bonds. The van der Waals surface area contributed by atoms with E-state index in [0.717, 1.165) is 10.0 Å². The van der Waals surface area contributed by atoms with Crippen LogP contribution in [-0.4, -0.2) is 10.9 Å². The molecule has 18 heavy (non-hydrogen) atoms. The lowest BCUT2D eigenvalue weighted by molar-refractivity contribution is 0.0935. The first-order valence-corrected chi connectivity index (χ1v) is 7.01. The van der Waals surface area contributed by atoms with Gasteiger partial charge in [-0.3, -0.25) is 4.79 Å². The Labute approximate surface area is 117 Å². The van der Waals surface area contributed by atoms with Gasteiger partial charge in [-0.25, -0.2) is 4.98 Å². The van der Waals surface area contributed by atoms with E-state index < -0.39 is 0 Å². The fraction of sp³-hybridized carbons (Fsp3) is 0.167. The lowest BCUT2D eigenvalue weighted by Gasteiger charge is -2.14. The highest BCUT2D eigenvalue weighted by Crippen LogP contribution is 2.23. The monoisotopic (exact) mass is 325 g/mol. The molecule has 1 atom stereocenters. The number of nitrogens with two attached hydrogens (primary N) is 1. The summed E-state index contributed by atoms with van der Waals surface area (Å²) in [6.07, 6.45) is 0. The molecule has 0 radical (unpaired) electrons. The molecule has 94 valence electrons. The molecular formula is C12H12BrN3OS. The Kier molecular flexibility index (Phi) is 3.98. The Morgan fingerprint density at radius 3 is 2.83 bits per heavy atom. The largest absolute Gasteiger partial charge is 0.375 e. The van der Waals surface area contributed by atoms with Crippen molar-refractivity contribution in [2.45, 2.75) is 13.0 Å². The molecule has 1 unspecified atom stereocenters. The van der Waals surface area contributed by atoms with E-state index in [4.69, 9.17) is 5.73 Å². The van der Waals surface area contributed by atoms with Gasteiger partial charge in [0.1, 0.15) is 5.69 Å². The van der Waals surface area contributed by atoms with E-state index in [0.29, 0.717) is 10.8 Å². The molecule has 0 aliphatic heterocycles. The smallest absolute Gasteiger partial charge is 0.271 e. The zero-order valence-corrected chi connectivity index (χ0v) is 12.1. The van der Waals surface area contributed by atoms with Gasteiger partial charge >= 0.3 is 0 Å². The third-order valence-electron chi connectivity index (χ3n) is 2.47. The van der Waals surface area contributed by atoms with Crippen LogP contribution in [0, 0.1) is 0 Å². The molecule has 4 nitrogen and oxygen atoms in total. The summed E-state index contributed by atoms with van der Waals surface area (Å²) in [6, 6.07) is 7.67. The average Bonchev–Trinajstić information content (AvgIpc) is 2.76. The molecule has 6 heteroatoms. The van der Waals surface area contributed by atoms with Crippen molar-refractivity contribution < 1.29 is 4.79 Å². The number of rotatable bonds is 3. The van der Waals surface area contributed by atoms with E-state index in [1.54, 1.807) is 5.38 Å². The van der Waals surface area contributed by atoms with Crippen molar-refractivity contribution in [3.63, 3.8) is 0 Å². The van der Waals surface area contributed by atoms with Gasteiger partial charge in [0.15, 0.2) is 5.13 Å². The van der Waals surface area contributed by atoms with Crippen LogP contribution in [-0.2, 0) is 0 Å². The van der Waals surface area contributed by atoms with Gasteiger partial charge in [-0.15, -0.1) is 11.3 Å². The molecule has 0 saturated carbocycles. The third-order valence-corrected chi connectivity index (χ3v) is 3.87. The summed E-state index contributed by atoms with van der Waals surface area (Å²) < 4.78 is 0.968. The SMILES string of the molecule is CC(NC(=O)c1csc(N)n1)c1ccccc1Br. The number of carbonyl (C=O) groups excluding carboxylic acids is 1. The Bertz CT molecular complexity index is 570. The molecule has 0 saturated heterocycles. The molecule has 0 aliphatic rings. The minimum atomic E-state index is -0.216. The Hall–Kier alpha value is -1.40. The highest BCUT2D eigenvalue weighted by Gasteiger charge is 2.15. The first-order chi connectivity index (χ1) is 8.58. The average molecular weight is 326 g/mol. The summed E-state index contributed by atoms with van der Waals surface area (Å²) in [4.78, 5) is 15.9. The molecule has 1 heterocycles. The van der Waals surface area contributed by atoms with E-state index in [1.165, 1.54) is 11.3 Å². The van der Waals surface area contributed by atoms with Gasteiger partial charge in [0.2, 0.25) is 0 Å². The number of nitrogens with zero attached hydrogens (tertiary/aromatic N) is 1.